The molecule has 2 atom stereocenters. The van der Waals surface area contributed by atoms with E-state index in [1.807, 2.05) is 6.08 Å². The Morgan fingerprint density at radius 1 is 1.28 bits per heavy atom. The summed E-state index contributed by atoms with van der Waals surface area (Å²) in [5.41, 5.74) is 0. The number of esters is 1. The second-order valence-electron chi connectivity index (χ2n) is 4.52. The Balaban J connectivity index is 3.21. The van der Waals surface area contributed by atoms with Crippen LogP contribution >= 0.6 is 15.9 Å². The molecule has 0 aromatic carbocycles. The molecule has 18 heavy (non-hydrogen) atoms. The van der Waals surface area contributed by atoms with E-state index < -0.39 is 6.17 Å². The SMILES string of the molecule is CC(=O)O/C=C\CCCCCCCC(Br)C(C)F. The van der Waals surface area contributed by atoms with Gasteiger partial charge in [-0.15, -0.1) is 0 Å². The van der Waals surface area contributed by atoms with Crippen LogP contribution in [0.2, 0.25) is 0 Å². The second kappa shape index (κ2) is 11.7. The average Bonchev–Trinajstić information content (AvgIpc) is 2.30. The summed E-state index contributed by atoms with van der Waals surface area (Å²) in [6, 6.07) is 0. The molecule has 2 nitrogen and oxygen atoms in total. The monoisotopic (exact) mass is 322 g/mol. The normalized spacial score (nSPS) is 14.7. The molecule has 0 bridgehead atoms. The maximum absolute atomic E-state index is 12.8. The van der Waals surface area contributed by atoms with E-state index in [0.29, 0.717) is 0 Å². The average molecular weight is 323 g/mol. The van der Waals surface area contributed by atoms with Crippen LogP contribution in [0.5, 0.6) is 0 Å². The van der Waals surface area contributed by atoms with E-state index in [-0.39, 0.29) is 10.8 Å². The first-order valence-corrected chi connectivity index (χ1v) is 7.56. The summed E-state index contributed by atoms with van der Waals surface area (Å²) in [6.45, 7) is 2.98. The predicted molar refractivity (Wildman–Crippen MR) is 76.5 cm³/mol. The molecular weight excluding hydrogens is 299 g/mol. The number of hydrogen-bond acceptors (Lipinski definition) is 2. The first kappa shape index (κ1) is 17.6. The van der Waals surface area contributed by atoms with Crippen LogP contribution in [0.3, 0.4) is 0 Å². The molecule has 2 unspecified atom stereocenters. The Kier molecular flexibility index (Phi) is 11.4. The highest BCUT2D eigenvalue weighted by molar-refractivity contribution is 9.09. The van der Waals surface area contributed by atoms with Crippen LogP contribution in [0.4, 0.5) is 4.39 Å². The van der Waals surface area contributed by atoms with E-state index in [0.717, 1.165) is 32.1 Å². The molecule has 0 spiro atoms. The zero-order valence-electron chi connectivity index (χ0n) is 11.3. The maximum Gasteiger partial charge on any atom is 0.307 e. The summed E-state index contributed by atoms with van der Waals surface area (Å²) in [5, 5.41) is 0. The number of hydrogen-bond donors (Lipinski definition) is 0. The Bertz CT molecular complexity index is 242. The lowest BCUT2D eigenvalue weighted by Crippen LogP contribution is -2.10. The standard InChI is InChI=1S/C14H24BrFO2/c1-12(16)14(15)10-8-6-4-3-5-7-9-11-18-13(2)17/h9,11-12,14H,3-8,10H2,1-2H3/b11-9-. The van der Waals surface area contributed by atoms with E-state index in [4.69, 9.17) is 0 Å². The van der Waals surface area contributed by atoms with Gasteiger partial charge in [0, 0.05) is 11.8 Å². The molecule has 0 N–H and O–H groups in total. The van der Waals surface area contributed by atoms with Gasteiger partial charge in [0.1, 0.15) is 6.17 Å². The largest absolute Gasteiger partial charge is 0.435 e. The van der Waals surface area contributed by atoms with Crippen molar-refractivity contribution >= 4 is 21.9 Å². The van der Waals surface area contributed by atoms with Crippen molar-refractivity contribution in [3.8, 4) is 0 Å². The molecule has 0 saturated heterocycles. The van der Waals surface area contributed by atoms with Crippen LogP contribution in [0, 0.1) is 0 Å². The first-order chi connectivity index (χ1) is 8.54. The van der Waals surface area contributed by atoms with Crippen LogP contribution in [0.1, 0.15) is 58.8 Å². The molecule has 0 saturated carbocycles. The van der Waals surface area contributed by atoms with Crippen molar-refractivity contribution < 1.29 is 13.9 Å². The topological polar surface area (TPSA) is 26.3 Å². The third kappa shape index (κ3) is 12.1. The molecule has 0 aromatic rings. The van der Waals surface area contributed by atoms with Gasteiger partial charge < -0.3 is 4.74 Å². The number of allylic oxidation sites excluding steroid dienone is 1. The van der Waals surface area contributed by atoms with Gasteiger partial charge in [-0.05, 0) is 32.3 Å². The molecule has 0 aliphatic carbocycles. The highest BCUT2D eigenvalue weighted by atomic mass is 79.9. The number of halogens is 2. The molecular formula is C14H24BrFO2. The first-order valence-electron chi connectivity index (χ1n) is 6.64. The fourth-order valence-electron chi connectivity index (χ4n) is 1.57. The van der Waals surface area contributed by atoms with E-state index in [9.17, 15) is 9.18 Å². The Hall–Kier alpha value is -0.380. The summed E-state index contributed by atoms with van der Waals surface area (Å²) in [7, 11) is 0. The van der Waals surface area contributed by atoms with Crippen LogP contribution < -0.4 is 0 Å². The minimum Gasteiger partial charge on any atom is -0.435 e. The lowest BCUT2D eigenvalue weighted by Gasteiger charge is -2.09. The molecule has 0 aromatic heterocycles. The minimum atomic E-state index is -0.767. The van der Waals surface area contributed by atoms with Gasteiger partial charge in [-0.1, -0.05) is 41.6 Å². The van der Waals surface area contributed by atoms with Crippen LogP contribution in [0.25, 0.3) is 0 Å². The fraction of sp³-hybridized carbons (Fsp3) is 0.786. The van der Waals surface area contributed by atoms with Crippen LogP contribution in [-0.4, -0.2) is 17.0 Å². The van der Waals surface area contributed by atoms with Gasteiger partial charge in [-0.25, -0.2) is 4.39 Å². The Morgan fingerprint density at radius 3 is 2.50 bits per heavy atom. The molecule has 0 aliphatic heterocycles. The Morgan fingerprint density at radius 2 is 1.89 bits per heavy atom. The van der Waals surface area contributed by atoms with Crippen molar-refractivity contribution in [2.24, 2.45) is 0 Å². The third-order valence-corrected chi connectivity index (χ3v) is 3.87. The highest BCUT2D eigenvalue weighted by Crippen LogP contribution is 2.17. The summed E-state index contributed by atoms with van der Waals surface area (Å²) in [6.07, 6.45) is 10.1. The number of rotatable bonds is 10. The quantitative estimate of drug-likeness (QED) is 0.247. The smallest absolute Gasteiger partial charge is 0.307 e. The summed E-state index contributed by atoms with van der Waals surface area (Å²) in [5.74, 6) is -0.280. The number of ether oxygens (including phenoxy) is 1. The van der Waals surface area contributed by atoms with Gasteiger partial charge in [-0.2, -0.15) is 0 Å². The van der Waals surface area contributed by atoms with Crippen molar-refractivity contribution in [3.63, 3.8) is 0 Å². The maximum atomic E-state index is 12.8. The molecule has 106 valence electrons. The molecule has 0 radical (unpaired) electrons. The van der Waals surface area contributed by atoms with Gasteiger partial charge in [-0.3, -0.25) is 4.79 Å². The van der Waals surface area contributed by atoms with Crippen molar-refractivity contribution in [1.82, 2.24) is 0 Å². The van der Waals surface area contributed by atoms with Crippen molar-refractivity contribution in [2.75, 3.05) is 0 Å². The number of carbonyl (C=O) groups excluding carboxylic acids is 1. The molecule has 0 aliphatic rings. The van der Waals surface area contributed by atoms with Gasteiger partial charge >= 0.3 is 5.97 Å². The predicted octanol–water partition coefficient (Wildman–Crippen LogP) is 4.92. The molecule has 4 heteroatoms. The summed E-state index contributed by atoms with van der Waals surface area (Å²) >= 11 is 3.34. The zero-order chi connectivity index (χ0) is 13.8. The lowest BCUT2D eigenvalue weighted by atomic mass is 10.1. The third-order valence-electron chi connectivity index (χ3n) is 2.68. The van der Waals surface area contributed by atoms with Crippen LogP contribution in [-0.2, 0) is 9.53 Å². The molecule has 0 heterocycles. The van der Waals surface area contributed by atoms with E-state index in [2.05, 4.69) is 20.7 Å². The van der Waals surface area contributed by atoms with Gasteiger partial charge in [0.05, 0.1) is 6.26 Å². The van der Waals surface area contributed by atoms with Gasteiger partial charge in [0.2, 0.25) is 0 Å². The highest BCUT2D eigenvalue weighted by Gasteiger charge is 2.11. The minimum absolute atomic E-state index is 0.00385. The van der Waals surface area contributed by atoms with E-state index >= 15 is 0 Å². The van der Waals surface area contributed by atoms with Gasteiger partial charge in [0.25, 0.3) is 0 Å². The summed E-state index contributed by atoms with van der Waals surface area (Å²) < 4.78 is 17.5. The lowest BCUT2D eigenvalue weighted by molar-refractivity contribution is -0.135. The number of alkyl halides is 2. The van der Waals surface area contributed by atoms with Crippen LogP contribution in [0.15, 0.2) is 12.3 Å². The van der Waals surface area contributed by atoms with Crippen molar-refractivity contribution in [3.05, 3.63) is 12.3 Å². The van der Waals surface area contributed by atoms with E-state index in [1.54, 1.807) is 6.92 Å². The van der Waals surface area contributed by atoms with Crippen molar-refractivity contribution in [2.45, 2.75) is 69.8 Å². The Labute approximate surface area is 118 Å². The summed E-state index contributed by atoms with van der Waals surface area (Å²) in [4.78, 5) is 10.5. The second-order valence-corrected chi connectivity index (χ2v) is 5.70. The molecule has 0 rings (SSSR count). The number of unbranched alkanes of at least 4 members (excludes halogenated alkanes) is 5. The molecule has 0 amide bonds. The van der Waals surface area contributed by atoms with Gasteiger partial charge in [0.15, 0.2) is 0 Å². The fourth-order valence-corrected chi connectivity index (χ4v) is 1.90. The molecule has 0 fully saturated rings. The number of carbonyl (C=O) groups is 1. The van der Waals surface area contributed by atoms with Crippen molar-refractivity contribution in [1.29, 1.82) is 0 Å². The van der Waals surface area contributed by atoms with E-state index in [1.165, 1.54) is 26.0 Å². The zero-order valence-corrected chi connectivity index (χ0v) is 12.9.